The maximum absolute atomic E-state index is 12.3. The summed E-state index contributed by atoms with van der Waals surface area (Å²) in [6, 6.07) is 5.43. The van der Waals surface area contributed by atoms with Crippen LogP contribution in [-0.2, 0) is 11.8 Å². The Labute approximate surface area is 124 Å². The van der Waals surface area contributed by atoms with Crippen molar-refractivity contribution in [2.75, 3.05) is 6.61 Å². The fraction of sp³-hybridized carbons (Fsp3) is 0.286. The minimum atomic E-state index is -0.907. The van der Waals surface area contributed by atoms with Crippen molar-refractivity contribution < 1.29 is 14.3 Å². The Morgan fingerprint density at radius 1 is 1.36 bits per heavy atom. The number of ether oxygens (including phenoxy) is 2. The third-order valence-corrected chi connectivity index (χ3v) is 3.25. The van der Waals surface area contributed by atoms with Gasteiger partial charge < -0.3 is 9.47 Å². The average molecular weight is 302 g/mol. The van der Waals surface area contributed by atoms with Crippen molar-refractivity contribution in [3.8, 4) is 6.01 Å². The Hall–Kier alpha value is -2.90. The number of fused-ring (bicyclic) bond motifs is 3. The number of hydrogen-bond donors (Lipinski definition) is 0. The number of nitrogens with zero attached hydrogens (tertiary/aromatic N) is 4. The Morgan fingerprint density at radius 2 is 2.14 bits per heavy atom. The van der Waals surface area contributed by atoms with Crippen LogP contribution < -0.4 is 10.4 Å². The second kappa shape index (κ2) is 5.14. The van der Waals surface area contributed by atoms with Crippen LogP contribution in [0.3, 0.4) is 0 Å². The topological polar surface area (TPSA) is 87.7 Å². The molecule has 0 bridgehead atoms. The van der Waals surface area contributed by atoms with Gasteiger partial charge >= 0.3 is 17.9 Å². The van der Waals surface area contributed by atoms with Gasteiger partial charge in [0.25, 0.3) is 0 Å². The lowest BCUT2D eigenvalue weighted by atomic mass is 10.1. The van der Waals surface area contributed by atoms with E-state index in [1.54, 1.807) is 14.0 Å². The molecule has 1 aromatic carbocycles. The zero-order valence-corrected chi connectivity index (χ0v) is 12.4. The van der Waals surface area contributed by atoms with Gasteiger partial charge in [0.15, 0.2) is 5.65 Å². The summed E-state index contributed by atoms with van der Waals surface area (Å²) < 4.78 is 12.1. The van der Waals surface area contributed by atoms with Gasteiger partial charge in [-0.15, -0.1) is 5.10 Å². The predicted octanol–water partition coefficient (Wildman–Crippen LogP) is 1.42. The summed E-state index contributed by atoms with van der Waals surface area (Å²) in [7, 11) is 1.65. The Balaban J connectivity index is 2.24. The number of aryl methyl sites for hydroxylation is 2. The van der Waals surface area contributed by atoms with Crippen LogP contribution in [-0.4, -0.2) is 31.9 Å². The molecule has 0 N–H and O–H groups in total. The Morgan fingerprint density at radius 3 is 2.86 bits per heavy atom. The lowest BCUT2D eigenvalue weighted by Gasteiger charge is -2.06. The molecule has 0 aliphatic heterocycles. The molecule has 0 atom stereocenters. The largest absolute Gasteiger partial charge is 0.516 e. The van der Waals surface area contributed by atoms with Crippen molar-refractivity contribution in [2.45, 2.75) is 13.8 Å². The monoisotopic (exact) mass is 302 g/mol. The highest BCUT2D eigenvalue weighted by molar-refractivity contribution is 5.92. The molecular formula is C14H14N4O4. The molecular weight excluding hydrogens is 288 g/mol. The van der Waals surface area contributed by atoms with Crippen LogP contribution in [0.2, 0.25) is 0 Å². The molecule has 0 saturated heterocycles. The normalized spacial score (nSPS) is 11.0. The van der Waals surface area contributed by atoms with Crippen LogP contribution in [0.4, 0.5) is 4.79 Å². The molecule has 22 heavy (non-hydrogen) atoms. The zero-order valence-electron chi connectivity index (χ0n) is 12.4. The molecule has 0 spiro atoms. The highest BCUT2D eigenvalue weighted by atomic mass is 16.7. The lowest BCUT2D eigenvalue weighted by molar-refractivity contribution is 0.101. The van der Waals surface area contributed by atoms with Crippen LogP contribution in [0.1, 0.15) is 12.5 Å². The van der Waals surface area contributed by atoms with E-state index in [0.29, 0.717) is 5.65 Å². The van der Waals surface area contributed by atoms with E-state index >= 15 is 0 Å². The first-order valence-electron chi connectivity index (χ1n) is 6.72. The van der Waals surface area contributed by atoms with Gasteiger partial charge in [-0.05, 0) is 26.0 Å². The summed E-state index contributed by atoms with van der Waals surface area (Å²) in [5.41, 5.74) is 1.70. The fourth-order valence-electron chi connectivity index (χ4n) is 2.23. The number of carbonyl (C=O) groups excluding carboxylic acids is 1. The minimum Gasteiger partial charge on any atom is -0.434 e. The van der Waals surface area contributed by atoms with Crippen LogP contribution >= 0.6 is 0 Å². The molecule has 8 nitrogen and oxygen atoms in total. The molecule has 0 amide bonds. The number of aromatic nitrogens is 4. The summed E-state index contributed by atoms with van der Waals surface area (Å²) in [5.74, 6) is 0. The smallest absolute Gasteiger partial charge is 0.434 e. The summed E-state index contributed by atoms with van der Waals surface area (Å²) in [5, 5.41) is 4.67. The van der Waals surface area contributed by atoms with Gasteiger partial charge in [0.05, 0.1) is 12.1 Å². The first kappa shape index (κ1) is 14.1. The molecule has 0 fully saturated rings. The van der Waals surface area contributed by atoms with Crippen molar-refractivity contribution in [2.24, 2.45) is 7.05 Å². The average Bonchev–Trinajstić information content (AvgIpc) is 2.89. The van der Waals surface area contributed by atoms with Crippen molar-refractivity contribution in [3.05, 3.63) is 34.2 Å². The van der Waals surface area contributed by atoms with Crippen molar-refractivity contribution >= 4 is 22.7 Å². The molecule has 0 aliphatic rings. The van der Waals surface area contributed by atoms with Crippen molar-refractivity contribution in [3.63, 3.8) is 0 Å². The van der Waals surface area contributed by atoms with Gasteiger partial charge in [0, 0.05) is 12.4 Å². The highest BCUT2D eigenvalue weighted by Crippen LogP contribution is 2.19. The maximum Gasteiger partial charge on any atom is 0.516 e. The van der Waals surface area contributed by atoms with Crippen LogP contribution in [0.25, 0.3) is 16.6 Å². The number of rotatable bonds is 2. The standard InChI is InChI=1S/C14H14N4O4/c1-4-21-14(20)22-12-15-11-9-7-8(2)5-6-10(9)17(3)13(19)18(11)16-12/h5-7H,4H2,1-3H3. The minimum absolute atomic E-state index is 0.177. The summed E-state index contributed by atoms with van der Waals surface area (Å²) >= 11 is 0. The highest BCUT2D eigenvalue weighted by Gasteiger charge is 2.16. The third-order valence-electron chi connectivity index (χ3n) is 3.25. The van der Waals surface area contributed by atoms with Crippen LogP contribution in [0.5, 0.6) is 6.01 Å². The number of benzene rings is 1. The van der Waals surface area contributed by atoms with Gasteiger partial charge in [0.2, 0.25) is 0 Å². The van der Waals surface area contributed by atoms with E-state index in [1.165, 1.54) is 4.57 Å². The van der Waals surface area contributed by atoms with Crippen LogP contribution in [0.15, 0.2) is 23.0 Å². The quantitative estimate of drug-likeness (QED) is 0.665. The van der Waals surface area contributed by atoms with Gasteiger partial charge in [-0.3, -0.25) is 4.57 Å². The van der Waals surface area contributed by atoms with E-state index < -0.39 is 6.16 Å². The summed E-state index contributed by atoms with van der Waals surface area (Å²) in [6.45, 7) is 3.77. The van der Waals surface area contributed by atoms with Gasteiger partial charge in [-0.2, -0.15) is 9.50 Å². The van der Waals surface area contributed by atoms with Gasteiger partial charge in [0.1, 0.15) is 0 Å². The SMILES string of the molecule is CCOC(=O)Oc1nc2c3cc(C)ccc3n(C)c(=O)n2n1. The molecule has 114 valence electrons. The molecule has 2 heterocycles. The molecule has 3 rings (SSSR count). The van der Waals surface area contributed by atoms with E-state index in [0.717, 1.165) is 21.0 Å². The summed E-state index contributed by atoms with van der Waals surface area (Å²) in [6.07, 6.45) is -0.907. The molecule has 2 aromatic heterocycles. The Kier molecular flexibility index (Phi) is 3.28. The van der Waals surface area contributed by atoms with Crippen molar-refractivity contribution in [1.82, 2.24) is 19.2 Å². The van der Waals surface area contributed by atoms with E-state index in [2.05, 4.69) is 14.8 Å². The van der Waals surface area contributed by atoms with E-state index in [1.807, 2.05) is 25.1 Å². The van der Waals surface area contributed by atoms with E-state index in [9.17, 15) is 9.59 Å². The Bertz CT molecular complexity index is 941. The first-order chi connectivity index (χ1) is 10.5. The second-order valence-corrected chi connectivity index (χ2v) is 4.78. The first-order valence-corrected chi connectivity index (χ1v) is 6.72. The lowest BCUT2D eigenvalue weighted by Crippen LogP contribution is -2.25. The molecule has 0 saturated carbocycles. The van der Waals surface area contributed by atoms with Crippen LogP contribution in [0, 0.1) is 6.92 Å². The van der Waals surface area contributed by atoms with Gasteiger partial charge in [-0.25, -0.2) is 9.59 Å². The summed E-state index contributed by atoms with van der Waals surface area (Å²) in [4.78, 5) is 27.8. The number of carbonyl (C=O) groups is 1. The van der Waals surface area contributed by atoms with E-state index in [4.69, 9.17) is 4.74 Å². The predicted molar refractivity (Wildman–Crippen MR) is 78.1 cm³/mol. The molecule has 8 heteroatoms. The van der Waals surface area contributed by atoms with Crippen molar-refractivity contribution in [1.29, 1.82) is 0 Å². The fourth-order valence-corrected chi connectivity index (χ4v) is 2.23. The number of hydrogen-bond acceptors (Lipinski definition) is 6. The molecule has 0 radical (unpaired) electrons. The molecule has 0 unspecified atom stereocenters. The second-order valence-electron chi connectivity index (χ2n) is 4.78. The molecule has 0 aliphatic carbocycles. The van der Waals surface area contributed by atoms with E-state index in [-0.39, 0.29) is 18.3 Å². The third kappa shape index (κ3) is 2.18. The van der Waals surface area contributed by atoms with Gasteiger partial charge in [-0.1, -0.05) is 11.6 Å². The molecule has 3 aromatic rings. The zero-order chi connectivity index (χ0) is 15.9. The maximum atomic E-state index is 12.3.